The van der Waals surface area contributed by atoms with E-state index in [0.29, 0.717) is 28.1 Å². The van der Waals surface area contributed by atoms with E-state index in [2.05, 4.69) is 45.7 Å². The molecule has 0 bridgehead atoms. The zero-order valence-corrected chi connectivity index (χ0v) is 19.1. The number of fused-ring (bicyclic) bond motifs is 4. The molecule has 1 heterocycles. The van der Waals surface area contributed by atoms with Gasteiger partial charge < -0.3 is 4.74 Å². The molecule has 1 aliphatic heterocycles. The topological polar surface area (TPSA) is 29.5 Å². The highest BCUT2D eigenvalue weighted by Gasteiger charge is 2.82. The van der Waals surface area contributed by atoms with Crippen LogP contribution in [0, 0.1) is 38.9 Å². The Bertz CT molecular complexity index is 820. The molecule has 0 amide bonds. The predicted octanol–water partition coefficient (Wildman–Crippen LogP) is 5.20. The summed E-state index contributed by atoms with van der Waals surface area (Å²) in [6.07, 6.45) is 12.4. The summed E-state index contributed by atoms with van der Waals surface area (Å²) in [5, 5.41) is 0. The largest absolute Gasteiger partial charge is 0.365 e. The Morgan fingerprint density at radius 2 is 1.76 bits per heavy atom. The summed E-state index contributed by atoms with van der Waals surface area (Å²) < 4.78 is 6.12. The lowest BCUT2D eigenvalue weighted by molar-refractivity contribution is -0.198. The van der Waals surface area contributed by atoms with E-state index in [0.717, 1.165) is 37.2 Å². The number of hydrogen-bond acceptors (Lipinski definition) is 3. The molecule has 6 rings (SSSR count). The maximum absolute atomic E-state index is 13.0. The fourth-order valence-corrected chi connectivity index (χ4v) is 10.8. The molecule has 3 nitrogen and oxygen atoms in total. The maximum Gasteiger partial charge on any atom is 0.159 e. The number of ether oxygens (including phenoxy) is 1. The zero-order chi connectivity index (χ0) is 20.4. The van der Waals surface area contributed by atoms with Crippen LogP contribution in [0.1, 0.15) is 79.1 Å². The highest BCUT2D eigenvalue weighted by molar-refractivity contribution is 6.00. The van der Waals surface area contributed by atoms with E-state index in [1.807, 2.05) is 0 Å². The van der Waals surface area contributed by atoms with Crippen molar-refractivity contribution in [3.8, 4) is 0 Å². The molecule has 2 spiro atoms. The molecule has 0 aromatic carbocycles. The molecule has 0 aromatic rings. The molecule has 1 saturated heterocycles. The Morgan fingerprint density at radius 3 is 2.52 bits per heavy atom. The van der Waals surface area contributed by atoms with Gasteiger partial charge in [-0.25, -0.2) is 0 Å². The molecule has 5 aliphatic carbocycles. The summed E-state index contributed by atoms with van der Waals surface area (Å²) in [5.74, 6) is 1.98. The van der Waals surface area contributed by atoms with Crippen molar-refractivity contribution in [2.45, 2.75) is 85.1 Å². The third-order valence-corrected chi connectivity index (χ3v) is 12.0. The lowest BCUT2D eigenvalue weighted by Gasteiger charge is -2.64. The van der Waals surface area contributed by atoms with Crippen molar-refractivity contribution in [3.05, 3.63) is 11.6 Å². The highest BCUT2D eigenvalue weighted by Crippen LogP contribution is 2.88. The Hall–Kier alpha value is -0.670. The van der Waals surface area contributed by atoms with Crippen LogP contribution in [0.4, 0.5) is 0 Å². The lowest BCUT2D eigenvalue weighted by atomic mass is 9.42. The summed E-state index contributed by atoms with van der Waals surface area (Å²) in [6, 6.07) is 0.688. The van der Waals surface area contributed by atoms with Crippen molar-refractivity contribution in [2.24, 2.45) is 38.9 Å². The van der Waals surface area contributed by atoms with E-state index in [9.17, 15) is 4.79 Å². The first-order chi connectivity index (χ1) is 13.7. The summed E-state index contributed by atoms with van der Waals surface area (Å²) >= 11 is 0. The summed E-state index contributed by atoms with van der Waals surface area (Å²) in [5.41, 5.74) is 2.77. The zero-order valence-electron chi connectivity index (χ0n) is 19.1. The van der Waals surface area contributed by atoms with Gasteiger partial charge in [-0.05, 0) is 92.6 Å². The molecule has 29 heavy (non-hydrogen) atoms. The van der Waals surface area contributed by atoms with Crippen LogP contribution in [0.3, 0.4) is 0 Å². The van der Waals surface area contributed by atoms with E-state index < -0.39 is 0 Å². The smallest absolute Gasteiger partial charge is 0.159 e. The molecule has 8 atom stereocenters. The van der Waals surface area contributed by atoms with Crippen molar-refractivity contribution in [1.82, 2.24) is 4.90 Å². The van der Waals surface area contributed by atoms with Gasteiger partial charge in [-0.1, -0.05) is 26.8 Å². The number of carbonyl (C=O) groups is 1. The highest BCUT2D eigenvalue weighted by atomic mass is 16.5. The number of ketones is 1. The van der Waals surface area contributed by atoms with E-state index in [4.69, 9.17) is 4.74 Å². The minimum atomic E-state index is 0.0979. The van der Waals surface area contributed by atoms with E-state index in [-0.39, 0.29) is 10.8 Å². The first-order valence-electron chi connectivity index (χ1n) is 12.2. The molecule has 6 fully saturated rings. The molecular formula is C26H39NO2. The summed E-state index contributed by atoms with van der Waals surface area (Å²) in [7, 11) is 2.27. The minimum absolute atomic E-state index is 0.0979. The average molecular weight is 398 g/mol. The van der Waals surface area contributed by atoms with Crippen LogP contribution in [0.25, 0.3) is 0 Å². The predicted molar refractivity (Wildman–Crippen MR) is 114 cm³/mol. The Kier molecular flexibility index (Phi) is 3.54. The molecule has 3 heteroatoms. The van der Waals surface area contributed by atoms with Crippen LogP contribution in [-0.4, -0.2) is 37.1 Å². The van der Waals surface area contributed by atoms with E-state index in [1.54, 1.807) is 0 Å². The van der Waals surface area contributed by atoms with Crippen LogP contribution < -0.4 is 0 Å². The quantitative estimate of drug-likeness (QED) is 0.526. The van der Waals surface area contributed by atoms with Crippen molar-refractivity contribution in [1.29, 1.82) is 0 Å². The van der Waals surface area contributed by atoms with Crippen LogP contribution in [0.2, 0.25) is 0 Å². The van der Waals surface area contributed by atoms with Crippen molar-refractivity contribution < 1.29 is 9.53 Å². The van der Waals surface area contributed by atoms with Gasteiger partial charge in [0.1, 0.15) is 0 Å². The Morgan fingerprint density at radius 1 is 1.03 bits per heavy atom. The number of Topliss-reactive ketones (excluding diaryl/α,β-unsaturated/α-hetero) is 1. The van der Waals surface area contributed by atoms with Gasteiger partial charge in [0.25, 0.3) is 0 Å². The van der Waals surface area contributed by atoms with Crippen LogP contribution in [-0.2, 0) is 9.53 Å². The van der Waals surface area contributed by atoms with Crippen molar-refractivity contribution >= 4 is 5.78 Å². The molecule has 0 unspecified atom stereocenters. The van der Waals surface area contributed by atoms with Crippen LogP contribution in [0.5, 0.6) is 0 Å². The van der Waals surface area contributed by atoms with Gasteiger partial charge in [0.15, 0.2) is 5.78 Å². The standard InChI is InChI=1S/C26H39NO2/c1-6-17-18(28)13-24(4)20-8-7-19-22(2)15-29-16-27(5)21(22)9-10-25(19)14-26(20,25)12-11-23(17,24)3/h6,19-21H,7-16H2,1-5H3/b17-6-/t19-,20-,21-,22+,23+,24-,25+,26-/m0/s1. The molecular weight excluding hydrogens is 358 g/mol. The van der Waals surface area contributed by atoms with E-state index >= 15 is 0 Å². The van der Waals surface area contributed by atoms with Crippen LogP contribution in [0.15, 0.2) is 11.6 Å². The number of carbonyl (C=O) groups excluding carboxylic acids is 1. The normalized spacial score (nSPS) is 60.1. The summed E-state index contributed by atoms with van der Waals surface area (Å²) in [4.78, 5) is 15.5. The monoisotopic (exact) mass is 397 g/mol. The lowest BCUT2D eigenvalue weighted by Crippen LogP contribution is -2.63. The first-order valence-corrected chi connectivity index (χ1v) is 12.2. The van der Waals surface area contributed by atoms with Crippen LogP contribution >= 0.6 is 0 Å². The molecule has 0 aromatic heterocycles. The fourth-order valence-electron chi connectivity index (χ4n) is 10.8. The van der Waals surface area contributed by atoms with Gasteiger partial charge in [-0.2, -0.15) is 0 Å². The third kappa shape index (κ3) is 1.85. The number of rotatable bonds is 0. The molecule has 160 valence electrons. The number of hydrogen-bond donors (Lipinski definition) is 0. The molecule has 0 radical (unpaired) electrons. The molecule has 6 aliphatic rings. The second-order valence-electron chi connectivity index (χ2n) is 12.5. The van der Waals surface area contributed by atoms with Gasteiger partial charge in [0.2, 0.25) is 0 Å². The van der Waals surface area contributed by atoms with Crippen molar-refractivity contribution in [3.63, 3.8) is 0 Å². The Balaban J connectivity index is 1.41. The minimum Gasteiger partial charge on any atom is -0.365 e. The molecule has 0 N–H and O–H groups in total. The van der Waals surface area contributed by atoms with Crippen molar-refractivity contribution in [2.75, 3.05) is 20.4 Å². The Labute approximate surface area is 176 Å². The number of allylic oxidation sites excluding steroid dienone is 2. The van der Waals surface area contributed by atoms with Gasteiger partial charge >= 0.3 is 0 Å². The third-order valence-electron chi connectivity index (χ3n) is 12.0. The van der Waals surface area contributed by atoms with E-state index in [1.165, 1.54) is 44.9 Å². The SMILES string of the molecule is C/C=C1/C(=O)C[C@@]2(C)[C@@H]3CC[C@H]4[C@@]5(C)COCN(C)[C@H]5CC[C@@]45C[C@@]35CC[C@]12C. The number of nitrogens with zero attached hydrogens (tertiary/aromatic N) is 1. The van der Waals surface area contributed by atoms with Gasteiger partial charge in [-0.3, -0.25) is 9.69 Å². The summed E-state index contributed by atoms with van der Waals surface area (Å²) in [6.45, 7) is 11.3. The average Bonchev–Trinajstić information content (AvgIpc) is 3.27. The maximum atomic E-state index is 13.0. The second kappa shape index (κ2) is 5.38. The molecule has 5 saturated carbocycles. The first kappa shape index (κ1) is 19.0. The van der Waals surface area contributed by atoms with Gasteiger partial charge in [0, 0.05) is 23.3 Å². The fraction of sp³-hybridized carbons (Fsp3) is 0.885. The second-order valence-corrected chi connectivity index (χ2v) is 12.5. The van der Waals surface area contributed by atoms with Gasteiger partial charge in [0.05, 0.1) is 13.3 Å². The van der Waals surface area contributed by atoms with Gasteiger partial charge in [-0.15, -0.1) is 0 Å².